The summed E-state index contributed by atoms with van der Waals surface area (Å²) < 4.78 is 25.2. The third-order valence-electron chi connectivity index (χ3n) is 10.4. The van der Waals surface area contributed by atoms with E-state index in [9.17, 15) is 24.6 Å². The van der Waals surface area contributed by atoms with Crippen LogP contribution in [0.5, 0.6) is 0 Å². The van der Waals surface area contributed by atoms with Crippen molar-refractivity contribution in [2.45, 2.75) is 133 Å². The van der Waals surface area contributed by atoms with E-state index in [0.29, 0.717) is 12.8 Å². The molecule has 1 aromatic carbocycles. The van der Waals surface area contributed by atoms with Crippen LogP contribution in [0.25, 0.3) is 6.08 Å². The van der Waals surface area contributed by atoms with E-state index in [1.807, 2.05) is 24.3 Å². The number of unbranched alkanes of at least 4 members (excludes halogenated alkanes) is 4. The van der Waals surface area contributed by atoms with E-state index in [2.05, 4.69) is 24.5 Å². The van der Waals surface area contributed by atoms with Gasteiger partial charge in [0.15, 0.2) is 11.8 Å². The molecule has 0 radical (unpaired) electrons. The van der Waals surface area contributed by atoms with Gasteiger partial charge in [-0.15, -0.1) is 0 Å². The minimum absolute atomic E-state index is 0.0578. The Kier molecular flexibility index (Phi) is 13.5. The van der Waals surface area contributed by atoms with Gasteiger partial charge in [0.25, 0.3) is 0 Å². The number of amides is 2. The zero-order valence-corrected chi connectivity index (χ0v) is 30.0. The molecular weight excluding hydrogens is 662 g/mol. The summed E-state index contributed by atoms with van der Waals surface area (Å²) >= 11 is 0. The minimum atomic E-state index is -1.56. The molecule has 4 fully saturated rings. The molecule has 14 nitrogen and oxygen atoms in total. The molecule has 8 atom stereocenters. The first kappa shape index (κ1) is 39.1. The number of ether oxygens (including phenoxy) is 4. The van der Waals surface area contributed by atoms with Crippen LogP contribution in [0, 0.1) is 5.41 Å². The van der Waals surface area contributed by atoms with Crippen molar-refractivity contribution in [3.8, 4) is 0 Å². The number of nitrogens with zero attached hydrogens (tertiary/aromatic N) is 1. The Morgan fingerprint density at radius 3 is 2.43 bits per heavy atom. The molecule has 1 saturated carbocycles. The second kappa shape index (κ2) is 17.6. The van der Waals surface area contributed by atoms with Gasteiger partial charge in [-0.2, -0.15) is 5.06 Å². The number of carbonyl (C=O) groups excluding carboxylic acids is 3. The largest absolute Gasteiger partial charge is 0.499 e. The first-order valence-electron chi connectivity index (χ1n) is 18.5. The Morgan fingerprint density at radius 2 is 1.76 bits per heavy atom. The maximum atomic E-state index is 14.8. The standard InChI is InChI=1S/C37H55N3O11/c1-4-6-10-15-36(16-11-7-5-2)49-29-27-22-37(35(46)39-28(24(3)43)33(44)38-17-18-41)31(34(45)48-27)40(51-32(37)30(29)50-36)23-26-13-9-8-12-25(26)14-20-47-21-19-42/h8-9,12-14,20,24,27-32,41-43H,4-7,10-11,15-19,21-23H2,1-3H3,(H,38,44)(H,39,46)/t24-,27?,28+,29-,30-,31-,32+,37?/m0/s1. The van der Waals surface area contributed by atoms with Crippen LogP contribution in [0.4, 0.5) is 0 Å². The first-order valence-corrected chi connectivity index (χ1v) is 18.5. The average Bonchev–Trinajstić information content (AvgIpc) is 3.67. The van der Waals surface area contributed by atoms with Gasteiger partial charge in [0.1, 0.15) is 42.5 Å². The molecule has 3 aliphatic heterocycles. The molecule has 51 heavy (non-hydrogen) atoms. The molecule has 2 unspecified atom stereocenters. The highest BCUT2D eigenvalue weighted by molar-refractivity contribution is 5.96. The first-order chi connectivity index (χ1) is 24.6. The summed E-state index contributed by atoms with van der Waals surface area (Å²) in [6.07, 6.45) is 5.83. The molecule has 2 amide bonds. The lowest BCUT2D eigenvalue weighted by molar-refractivity contribution is -0.224. The lowest BCUT2D eigenvalue weighted by Gasteiger charge is -2.49. The zero-order chi connectivity index (χ0) is 36.6. The fourth-order valence-electron chi connectivity index (χ4n) is 7.92. The van der Waals surface area contributed by atoms with E-state index < -0.39 is 71.6 Å². The summed E-state index contributed by atoms with van der Waals surface area (Å²) in [7, 11) is 0. The van der Waals surface area contributed by atoms with E-state index >= 15 is 0 Å². The van der Waals surface area contributed by atoms with Crippen molar-refractivity contribution in [1.82, 2.24) is 15.7 Å². The van der Waals surface area contributed by atoms with Gasteiger partial charge in [-0.1, -0.05) is 63.8 Å². The number of carbonyl (C=O) groups is 3. The van der Waals surface area contributed by atoms with Gasteiger partial charge in [0.2, 0.25) is 11.8 Å². The van der Waals surface area contributed by atoms with Crippen molar-refractivity contribution in [2.75, 3.05) is 26.4 Å². The fraction of sp³-hybridized carbons (Fsp3) is 0.703. The fourth-order valence-corrected chi connectivity index (χ4v) is 7.92. The topological polar surface area (TPSA) is 185 Å². The normalized spacial score (nSPS) is 29.0. The highest BCUT2D eigenvalue weighted by Crippen LogP contribution is 2.58. The smallest absolute Gasteiger partial charge is 0.327 e. The lowest BCUT2D eigenvalue weighted by Crippen LogP contribution is -2.71. The van der Waals surface area contributed by atoms with Crippen molar-refractivity contribution in [1.29, 1.82) is 0 Å². The van der Waals surface area contributed by atoms with Gasteiger partial charge in [-0.3, -0.25) is 19.2 Å². The van der Waals surface area contributed by atoms with Crippen LogP contribution in [0.3, 0.4) is 0 Å². The second-order valence-electron chi connectivity index (χ2n) is 14.0. The molecule has 1 aromatic rings. The Bertz CT molecular complexity index is 1360. The number of rotatable bonds is 20. The molecule has 0 aromatic heterocycles. The second-order valence-corrected chi connectivity index (χ2v) is 14.0. The molecule has 4 aliphatic rings. The van der Waals surface area contributed by atoms with Gasteiger partial charge in [-0.25, -0.2) is 0 Å². The number of fused-ring (bicyclic) bond motifs is 4. The number of esters is 1. The molecule has 284 valence electrons. The van der Waals surface area contributed by atoms with E-state index in [1.165, 1.54) is 18.2 Å². The minimum Gasteiger partial charge on any atom is -0.499 e. The van der Waals surface area contributed by atoms with E-state index in [-0.39, 0.29) is 39.3 Å². The van der Waals surface area contributed by atoms with Crippen molar-refractivity contribution < 1.29 is 53.5 Å². The van der Waals surface area contributed by atoms with Crippen molar-refractivity contribution in [3.05, 3.63) is 41.7 Å². The van der Waals surface area contributed by atoms with Gasteiger partial charge >= 0.3 is 5.97 Å². The Balaban J connectivity index is 1.53. The van der Waals surface area contributed by atoms with Gasteiger partial charge in [0, 0.05) is 25.8 Å². The van der Waals surface area contributed by atoms with Crippen molar-refractivity contribution in [3.63, 3.8) is 0 Å². The Hall–Kier alpha value is -3.11. The van der Waals surface area contributed by atoms with E-state index in [1.54, 1.807) is 6.08 Å². The Morgan fingerprint density at radius 1 is 1.06 bits per heavy atom. The van der Waals surface area contributed by atoms with Crippen molar-refractivity contribution in [2.24, 2.45) is 5.41 Å². The van der Waals surface area contributed by atoms with Crippen LogP contribution in [-0.4, -0.2) is 113 Å². The number of aliphatic hydroxyl groups is 3. The number of hydrogen-bond donors (Lipinski definition) is 5. The zero-order valence-electron chi connectivity index (χ0n) is 30.0. The summed E-state index contributed by atoms with van der Waals surface area (Å²) in [5, 5.41) is 35.7. The summed E-state index contributed by atoms with van der Waals surface area (Å²) in [6.45, 7) is 5.36. The van der Waals surface area contributed by atoms with E-state index in [0.717, 1.165) is 49.7 Å². The monoisotopic (exact) mass is 717 g/mol. The predicted octanol–water partition coefficient (Wildman–Crippen LogP) is 2.08. The average molecular weight is 718 g/mol. The van der Waals surface area contributed by atoms with Gasteiger partial charge in [0.05, 0.1) is 32.1 Å². The molecule has 2 bridgehead atoms. The number of benzene rings is 1. The number of hydrogen-bond acceptors (Lipinski definition) is 12. The number of hydroxylamine groups is 2. The number of aliphatic hydroxyl groups excluding tert-OH is 3. The highest BCUT2D eigenvalue weighted by atomic mass is 16.8. The molecule has 5 N–H and O–H groups in total. The highest BCUT2D eigenvalue weighted by Gasteiger charge is 2.76. The molecule has 1 aliphatic carbocycles. The van der Waals surface area contributed by atoms with Crippen LogP contribution in [0.1, 0.15) is 89.7 Å². The van der Waals surface area contributed by atoms with Crippen LogP contribution in [0.2, 0.25) is 0 Å². The van der Waals surface area contributed by atoms with Crippen LogP contribution in [0.15, 0.2) is 30.5 Å². The molecule has 14 heteroatoms. The van der Waals surface area contributed by atoms with Gasteiger partial charge < -0.3 is 44.9 Å². The SMILES string of the molecule is CCCCCC1(CCCCC)O[C@@H]2[C@H]3ON(Cc4ccccc4C=COCCO)[C@H]4C(=O)OC(CC34C(=O)N[C@@H](C(=O)NCCO)[C@H](C)O)[C@@H]2O1. The quantitative estimate of drug-likeness (QED) is 0.0753. The van der Waals surface area contributed by atoms with Crippen molar-refractivity contribution >= 4 is 23.9 Å². The maximum Gasteiger partial charge on any atom is 0.327 e. The molecule has 5 rings (SSSR count). The summed E-state index contributed by atoms with van der Waals surface area (Å²) in [4.78, 5) is 48.7. The molecule has 3 saturated heterocycles. The third kappa shape index (κ3) is 8.27. The number of nitrogens with one attached hydrogen (secondary N) is 2. The van der Waals surface area contributed by atoms with Gasteiger partial charge in [-0.05, 0) is 37.0 Å². The maximum absolute atomic E-state index is 14.8. The van der Waals surface area contributed by atoms with E-state index in [4.69, 9.17) is 28.9 Å². The summed E-state index contributed by atoms with van der Waals surface area (Å²) in [5.74, 6) is -2.91. The molecular formula is C37H55N3O11. The molecule has 3 heterocycles. The lowest BCUT2D eigenvalue weighted by atomic mass is 9.62. The van der Waals surface area contributed by atoms with Crippen LogP contribution in [-0.2, 0) is 44.7 Å². The summed E-state index contributed by atoms with van der Waals surface area (Å²) in [5.41, 5.74) is -0.0231. The predicted molar refractivity (Wildman–Crippen MR) is 184 cm³/mol. The third-order valence-corrected chi connectivity index (χ3v) is 10.4. The van der Waals surface area contributed by atoms with Crippen LogP contribution < -0.4 is 10.6 Å². The van der Waals surface area contributed by atoms with Crippen LogP contribution >= 0.6 is 0 Å². The Labute approximate surface area is 299 Å². The summed E-state index contributed by atoms with van der Waals surface area (Å²) in [6, 6.07) is 4.88. The molecule has 0 spiro atoms.